The molecule has 0 fully saturated rings. The van der Waals surface area contributed by atoms with Gasteiger partial charge in [0.1, 0.15) is 4.88 Å². The lowest BCUT2D eigenvalue weighted by Gasteiger charge is -2.06. The van der Waals surface area contributed by atoms with Gasteiger partial charge in [-0.2, -0.15) is 0 Å². The number of carbonyl (C=O) groups excluding carboxylic acids is 1. The highest BCUT2D eigenvalue weighted by Gasteiger charge is 2.11. The Morgan fingerprint density at radius 2 is 2.31 bits per heavy atom. The zero-order valence-corrected chi connectivity index (χ0v) is 10.3. The number of hydrogen-bond donors (Lipinski definition) is 2. The predicted octanol–water partition coefficient (Wildman–Crippen LogP) is 2.13. The Morgan fingerprint density at radius 1 is 1.62 bits per heavy atom. The quantitative estimate of drug-likeness (QED) is 0.624. The Labute approximate surface area is 98.4 Å². The van der Waals surface area contributed by atoms with Crippen LogP contribution in [0, 0.1) is 5.41 Å². The standard InChI is InChI=1S/C11H14N2O2S/c1-7(5-12)10(13-2)8-4-9(16-6-8)11(14)15-3/h4-6,12-13H,1-3H3/b10-7-,12-5?. The average Bonchev–Trinajstić information content (AvgIpc) is 2.78. The topological polar surface area (TPSA) is 62.2 Å². The monoisotopic (exact) mass is 238 g/mol. The molecule has 0 aliphatic rings. The van der Waals surface area contributed by atoms with Crippen molar-refractivity contribution in [3.63, 3.8) is 0 Å². The van der Waals surface area contributed by atoms with E-state index in [9.17, 15) is 4.79 Å². The summed E-state index contributed by atoms with van der Waals surface area (Å²) in [6, 6.07) is 1.76. The van der Waals surface area contributed by atoms with Crippen molar-refractivity contribution in [2.45, 2.75) is 6.92 Å². The molecule has 0 bridgehead atoms. The molecule has 0 aliphatic carbocycles. The van der Waals surface area contributed by atoms with E-state index in [2.05, 4.69) is 10.1 Å². The second kappa shape index (κ2) is 5.46. The molecule has 0 amide bonds. The van der Waals surface area contributed by atoms with Gasteiger partial charge in [-0.05, 0) is 18.6 Å². The van der Waals surface area contributed by atoms with Crippen molar-refractivity contribution >= 4 is 29.2 Å². The van der Waals surface area contributed by atoms with E-state index in [-0.39, 0.29) is 5.97 Å². The van der Waals surface area contributed by atoms with Crippen molar-refractivity contribution in [1.29, 1.82) is 5.41 Å². The van der Waals surface area contributed by atoms with Gasteiger partial charge in [-0.25, -0.2) is 4.79 Å². The minimum atomic E-state index is -0.334. The molecule has 1 heterocycles. The van der Waals surface area contributed by atoms with Gasteiger partial charge in [-0.15, -0.1) is 11.3 Å². The smallest absolute Gasteiger partial charge is 0.348 e. The van der Waals surface area contributed by atoms with Crippen LogP contribution in [0.4, 0.5) is 0 Å². The Kier molecular flexibility index (Phi) is 4.25. The molecule has 5 heteroatoms. The van der Waals surface area contributed by atoms with Crippen LogP contribution in [-0.4, -0.2) is 26.3 Å². The Balaban J connectivity index is 3.10. The van der Waals surface area contributed by atoms with E-state index in [1.807, 2.05) is 12.3 Å². The average molecular weight is 238 g/mol. The third-order valence-corrected chi connectivity index (χ3v) is 3.05. The summed E-state index contributed by atoms with van der Waals surface area (Å²) in [6.45, 7) is 1.84. The predicted molar refractivity (Wildman–Crippen MR) is 66.1 cm³/mol. The highest BCUT2D eigenvalue weighted by molar-refractivity contribution is 7.12. The summed E-state index contributed by atoms with van der Waals surface area (Å²) in [4.78, 5) is 11.8. The summed E-state index contributed by atoms with van der Waals surface area (Å²) in [5, 5.41) is 12.1. The van der Waals surface area contributed by atoms with E-state index in [0.717, 1.165) is 16.8 Å². The van der Waals surface area contributed by atoms with Gasteiger partial charge in [0.05, 0.1) is 7.11 Å². The number of nitrogens with one attached hydrogen (secondary N) is 2. The van der Waals surface area contributed by atoms with Crippen LogP contribution in [0.25, 0.3) is 5.70 Å². The van der Waals surface area contributed by atoms with Crippen molar-refractivity contribution < 1.29 is 9.53 Å². The zero-order valence-electron chi connectivity index (χ0n) is 9.46. The van der Waals surface area contributed by atoms with Crippen LogP contribution in [0.2, 0.25) is 0 Å². The van der Waals surface area contributed by atoms with Crippen LogP contribution in [0.3, 0.4) is 0 Å². The number of hydrogen-bond acceptors (Lipinski definition) is 5. The van der Waals surface area contributed by atoms with Gasteiger partial charge in [0.15, 0.2) is 0 Å². The SMILES string of the molecule is CN/C(=C(/C)C=N)c1csc(C(=O)OC)c1. The van der Waals surface area contributed by atoms with Crippen molar-refractivity contribution in [2.24, 2.45) is 0 Å². The first-order valence-electron chi connectivity index (χ1n) is 4.70. The van der Waals surface area contributed by atoms with Crippen molar-refractivity contribution in [1.82, 2.24) is 5.32 Å². The zero-order chi connectivity index (χ0) is 12.1. The second-order valence-electron chi connectivity index (χ2n) is 3.14. The number of ether oxygens (including phenoxy) is 1. The molecular formula is C11H14N2O2S. The molecule has 1 rings (SSSR count). The molecule has 0 saturated heterocycles. The second-order valence-corrected chi connectivity index (χ2v) is 4.05. The van der Waals surface area contributed by atoms with Crippen LogP contribution < -0.4 is 5.32 Å². The van der Waals surface area contributed by atoms with Crippen molar-refractivity contribution in [3.05, 3.63) is 27.5 Å². The normalized spacial score (nSPS) is 11.7. The summed E-state index contributed by atoms with van der Waals surface area (Å²) in [6.07, 6.45) is 1.28. The summed E-state index contributed by atoms with van der Waals surface area (Å²) in [5.74, 6) is -0.334. The molecule has 0 radical (unpaired) electrons. The molecule has 2 N–H and O–H groups in total. The molecule has 1 aromatic rings. The third-order valence-electron chi connectivity index (χ3n) is 2.14. The molecule has 0 atom stereocenters. The van der Waals surface area contributed by atoms with Gasteiger partial charge >= 0.3 is 5.97 Å². The first kappa shape index (κ1) is 12.4. The van der Waals surface area contributed by atoms with Crippen LogP contribution in [0.15, 0.2) is 17.0 Å². The molecule has 0 saturated carbocycles. The van der Waals surface area contributed by atoms with Gasteiger partial charge < -0.3 is 15.5 Å². The molecule has 4 nitrogen and oxygen atoms in total. The molecule has 0 unspecified atom stereocenters. The first-order chi connectivity index (χ1) is 7.63. The number of allylic oxidation sites excluding steroid dienone is 1. The maximum Gasteiger partial charge on any atom is 0.348 e. The number of esters is 1. The molecular weight excluding hydrogens is 224 g/mol. The molecule has 1 aromatic heterocycles. The number of thiophene rings is 1. The summed E-state index contributed by atoms with van der Waals surface area (Å²) in [5.41, 5.74) is 2.56. The molecule has 0 aliphatic heterocycles. The van der Waals surface area contributed by atoms with E-state index in [0.29, 0.717) is 4.88 Å². The minimum Gasteiger partial charge on any atom is -0.465 e. The Hall–Kier alpha value is -1.62. The fourth-order valence-corrected chi connectivity index (χ4v) is 2.13. The lowest BCUT2D eigenvalue weighted by molar-refractivity contribution is 0.0606. The summed E-state index contributed by atoms with van der Waals surface area (Å²) in [7, 11) is 3.15. The van der Waals surface area contributed by atoms with Crippen molar-refractivity contribution in [2.75, 3.05) is 14.2 Å². The van der Waals surface area contributed by atoms with E-state index >= 15 is 0 Å². The van der Waals surface area contributed by atoms with Crippen LogP contribution in [-0.2, 0) is 4.74 Å². The number of carbonyl (C=O) groups is 1. The Morgan fingerprint density at radius 3 is 2.81 bits per heavy atom. The first-order valence-corrected chi connectivity index (χ1v) is 5.58. The van der Waals surface area contributed by atoms with Crippen molar-refractivity contribution in [3.8, 4) is 0 Å². The Bertz CT molecular complexity index is 435. The lowest BCUT2D eigenvalue weighted by Crippen LogP contribution is -2.07. The maximum absolute atomic E-state index is 11.3. The fraction of sp³-hybridized carbons (Fsp3) is 0.273. The number of rotatable bonds is 4. The summed E-state index contributed by atoms with van der Waals surface area (Å²) >= 11 is 1.33. The van der Waals surface area contributed by atoms with Crippen LogP contribution >= 0.6 is 11.3 Å². The summed E-state index contributed by atoms with van der Waals surface area (Å²) < 4.78 is 4.64. The van der Waals surface area contributed by atoms with Gasteiger partial charge in [-0.3, -0.25) is 0 Å². The molecule has 0 aromatic carbocycles. The van der Waals surface area contributed by atoms with E-state index in [1.165, 1.54) is 24.7 Å². The molecule has 86 valence electrons. The lowest BCUT2D eigenvalue weighted by atomic mass is 10.1. The van der Waals surface area contributed by atoms with E-state index in [4.69, 9.17) is 5.41 Å². The van der Waals surface area contributed by atoms with Crippen LogP contribution in [0.5, 0.6) is 0 Å². The largest absolute Gasteiger partial charge is 0.465 e. The highest BCUT2D eigenvalue weighted by Crippen LogP contribution is 2.22. The van der Waals surface area contributed by atoms with Gasteiger partial charge in [-0.1, -0.05) is 0 Å². The van der Waals surface area contributed by atoms with E-state index < -0.39 is 0 Å². The number of methoxy groups -OCH3 is 1. The van der Waals surface area contributed by atoms with Gasteiger partial charge in [0, 0.05) is 29.9 Å². The fourth-order valence-electron chi connectivity index (χ4n) is 1.32. The van der Waals surface area contributed by atoms with Gasteiger partial charge in [0.2, 0.25) is 0 Å². The minimum absolute atomic E-state index is 0.334. The van der Waals surface area contributed by atoms with Crippen LogP contribution in [0.1, 0.15) is 22.2 Å². The molecule has 16 heavy (non-hydrogen) atoms. The molecule has 0 spiro atoms. The van der Waals surface area contributed by atoms with Gasteiger partial charge in [0.25, 0.3) is 0 Å². The third kappa shape index (κ3) is 2.49. The maximum atomic E-state index is 11.3. The highest BCUT2D eigenvalue weighted by atomic mass is 32.1. The van der Waals surface area contributed by atoms with E-state index in [1.54, 1.807) is 13.1 Å².